The van der Waals surface area contributed by atoms with Crippen LogP contribution in [0.25, 0.3) is 0 Å². The zero-order chi connectivity index (χ0) is 19.8. The van der Waals surface area contributed by atoms with E-state index < -0.39 is 16.7 Å². The van der Waals surface area contributed by atoms with Gasteiger partial charge in [0.25, 0.3) is 0 Å². The van der Waals surface area contributed by atoms with Gasteiger partial charge in [-0.25, -0.2) is 0 Å². The number of rotatable bonds is 1. The van der Waals surface area contributed by atoms with Crippen LogP contribution < -0.4 is 0 Å². The van der Waals surface area contributed by atoms with Crippen molar-refractivity contribution in [1.29, 1.82) is 21.0 Å². The highest BCUT2D eigenvalue weighted by Gasteiger charge is 2.69. The van der Waals surface area contributed by atoms with Crippen molar-refractivity contribution in [3.05, 3.63) is 70.3 Å². The van der Waals surface area contributed by atoms with Gasteiger partial charge in [0, 0.05) is 5.92 Å². The number of nitrogens with zero attached hydrogens (tertiary/aromatic N) is 4. The fourth-order valence-electron chi connectivity index (χ4n) is 4.59. The highest BCUT2D eigenvalue weighted by molar-refractivity contribution is 5.51. The number of hydrogen-bond acceptors (Lipinski definition) is 4. The molecule has 5 aliphatic carbocycles. The Morgan fingerprint density at radius 2 is 1.21 bits per heavy atom. The average Bonchev–Trinajstić information content (AvgIpc) is 2.72. The van der Waals surface area contributed by atoms with Crippen LogP contribution in [0.4, 0.5) is 0 Å². The van der Waals surface area contributed by atoms with Crippen LogP contribution in [-0.4, -0.2) is 0 Å². The van der Waals surface area contributed by atoms with E-state index in [-0.39, 0.29) is 6.42 Å². The summed E-state index contributed by atoms with van der Waals surface area (Å²) < 4.78 is 0. The lowest BCUT2D eigenvalue weighted by Crippen LogP contribution is -2.54. The van der Waals surface area contributed by atoms with Crippen LogP contribution in [0.1, 0.15) is 40.2 Å². The van der Waals surface area contributed by atoms with Crippen LogP contribution >= 0.6 is 0 Å². The normalized spacial score (nSPS) is 20.9. The highest BCUT2D eigenvalue weighted by atomic mass is 14.7. The lowest BCUT2D eigenvalue weighted by atomic mass is 9.44. The first-order chi connectivity index (χ1) is 13.6. The minimum absolute atomic E-state index is 0.228. The molecule has 2 aromatic carbocycles. The Kier molecular flexibility index (Phi) is 4.15. The zero-order valence-electron chi connectivity index (χ0n) is 15.4. The van der Waals surface area contributed by atoms with Gasteiger partial charge in [-0.05, 0) is 59.9 Å². The topological polar surface area (TPSA) is 95.2 Å². The molecule has 0 spiro atoms. The first-order valence-electron chi connectivity index (χ1n) is 9.46. The van der Waals surface area contributed by atoms with Crippen molar-refractivity contribution in [3.8, 4) is 24.3 Å². The molecule has 0 aromatic heterocycles. The molecule has 2 aromatic rings. The third-order valence-corrected chi connectivity index (χ3v) is 6.43. The Hall–Kier alpha value is -3.60. The van der Waals surface area contributed by atoms with Gasteiger partial charge in [-0.2, -0.15) is 21.0 Å². The molecular formula is C24H18N4. The molecule has 0 saturated heterocycles. The summed E-state index contributed by atoms with van der Waals surface area (Å²) in [6.45, 7) is 0. The molecular weight excluding hydrogens is 344 g/mol. The van der Waals surface area contributed by atoms with Crippen LogP contribution in [-0.2, 0) is 25.7 Å². The number of benzene rings is 2. The maximum atomic E-state index is 9.84. The maximum Gasteiger partial charge on any atom is 0.182 e. The SMILES string of the molecule is N#CC1(C#N)CC(c2cc3ccc2CCc2ccc(cc2)CC3)C1(C#N)C#N. The quantitative estimate of drug-likeness (QED) is 0.762. The van der Waals surface area contributed by atoms with Crippen molar-refractivity contribution in [1.82, 2.24) is 0 Å². The monoisotopic (exact) mass is 362 g/mol. The summed E-state index contributed by atoms with van der Waals surface area (Å²) in [6.07, 6.45) is 3.68. The second-order valence-corrected chi connectivity index (χ2v) is 7.77. The molecule has 28 heavy (non-hydrogen) atoms. The Bertz CT molecular complexity index is 1070. The fraction of sp³-hybridized carbons (Fsp3) is 0.333. The molecule has 4 heteroatoms. The highest BCUT2D eigenvalue weighted by Crippen LogP contribution is 2.64. The summed E-state index contributed by atoms with van der Waals surface area (Å²) in [6, 6.07) is 23.0. The predicted molar refractivity (Wildman–Crippen MR) is 102 cm³/mol. The van der Waals surface area contributed by atoms with Gasteiger partial charge in [-0.15, -0.1) is 0 Å². The number of nitriles is 4. The Morgan fingerprint density at radius 1 is 0.679 bits per heavy atom. The Labute approximate surface area is 164 Å². The van der Waals surface area contributed by atoms with Gasteiger partial charge < -0.3 is 0 Å². The summed E-state index contributed by atoms with van der Waals surface area (Å²) in [5.41, 5.74) is 2.56. The first-order valence-corrected chi connectivity index (χ1v) is 9.46. The lowest BCUT2D eigenvalue weighted by Gasteiger charge is -2.49. The van der Waals surface area contributed by atoms with Crippen LogP contribution in [0.3, 0.4) is 0 Å². The molecule has 1 unspecified atom stereocenters. The molecule has 4 nitrogen and oxygen atoms in total. The first kappa shape index (κ1) is 17.8. The van der Waals surface area contributed by atoms with Crippen LogP contribution in [0.2, 0.25) is 0 Å². The summed E-state index contributed by atoms with van der Waals surface area (Å²) in [7, 11) is 0. The van der Waals surface area contributed by atoms with E-state index in [9.17, 15) is 21.0 Å². The van der Waals surface area contributed by atoms with E-state index in [1.165, 1.54) is 11.1 Å². The van der Waals surface area contributed by atoms with Gasteiger partial charge in [0.05, 0.1) is 24.3 Å². The largest absolute Gasteiger partial charge is 0.196 e. The molecule has 0 amide bonds. The van der Waals surface area contributed by atoms with Gasteiger partial charge in [0.2, 0.25) is 0 Å². The number of aryl methyl sites for hydroxylation is 4. The smallest absolute Gasteiger partial charge is 0.182 e. The van der Waals surface area contributed by atoms with E-state index in [0.717, 1.165) is 42.4 Å². The minimum Gasteiger partial charge on any atom is -0.196 e. The van der Waals surface area contributed by atoms with Crippen molar-refractivity contribution in [2.45, 2.75) is 38.0 Å². The zero-order valence-corrected chi connectivity index (χ0v) is 15.4. The van der Waals surface area contributed by atoms with Crippen molar-refractivity contribution in [3.63, 3.8) is 0 Å². The van der Waals surface area contributed by atoms with E-state index in [1.807, 2.05) is 12.1 Å². The van der Waals surface area contributed by atoms with Crippen LogP contribution in [0.15, 0.2) is 42.5 Å². The fourth-order valence-corrected chi connectivity index (χ4v) is 4.59. The van der Waals surface area contributed by atoms with Crippen molar-refractivity contribution < 1.29 is 0 Å². The molecule has 4 bridgehead atoms. The van der Waals surface area contributed by atoms with E-state index in [1.54, 1.807) is 0 Å². The molecule has 5 aliphatic rings. The average molecular weight is 362 g/mol. The summed E-state index contributed by atoms with van der Waals surface area (Å²) in [4.78, 5) is 0. The van der Waals surface area contributed by atoms with E-state index in [4.69, 9.17) is 0 Å². The minimum atomic E-state index is -1.62. The van der Waals surface area contributed by atoms with Gasteiger partial charge in [0.15, 0.2) is 10.8 Å². The third kappa shape index (κ3) is 2.40. The van der Waals surface area contributed by atoms with Crippen LogP contribution in [0, 0.1) is 56.2 Å². The van der Waals surface area contributed by atoms with E-state index in [2.05, 4.69) is 54.6 Å². The Balaban J connectivity index is 1.80. The van der Waals surface area contributed by atoms with Crippen molar-refractivity contribution in [2.24, 2.45) is 10.8 Å². The molecule has 0 N–H and O–H groups in total. The second kappa shape index (κ2) is 6.53. The van der Waals surface area contributed by atoms with E-state index in [0.29, 0.717) is 0 Å². The molecule has 134 valence electrons. The third-order valence-electron chi connectivity index (χ3n) is 6.43. The molecule has 1 atom stereocenters. The Morgan fingerprint density at radius 3 is 1.79 bits per heavy atom. The van der Waals surface area contributed by atoms with Gasteiger partial charge in [-0.3, -0.25) is 0 Å². The predicted octanol–water partition coefficient (Wildman–Crippen LogP) is 4.12. The molecule has 0 aliphatic heterocycles. The molecule has 1 fully saturated rings. The summed E-state index contributed by atoms with van der Waals surface area (Å²) in [5, 5.41) is 38.8. The van der Waals surface area contributed by atoms with Crippen LogP contribution in [0.5, 0.6) is 0 Å². The van der Waals surface area contributed by atoms with E-state index >= 15 is 0 Å². The molecule has 7 rings (SSSR count). The van der Waals surface area contributed by atoms with Crippen molar-refractivity contribution >= 4 is 0 Å². The summed E-state index contributed by atoms with van der Waals surface area (Å²) >= 11 is 0. The second-order valence-electron chi connectivity index (χ2n) is 7.77. The van der Waals surface area contributed by atoms with Gasteiger partial charge in [0.1, 0.15) is 0 Å². The summed E-state index contributed by atoms with van der Waals surface area (Å²) in [5.74, 6) is -0.416. The van der Waals surface area contributed by atoms with Gasteiger partial charge in [-0.1, -0.05) is 42.5 Å². The lowest BCUT2D eigenvalue weighted by molar-refractivity contribution is 0.0934. The standard InChI is InChI=1S/C24H18N4/c25-13-23(14-26)12-22(24(23,15-27)16-28)21-11-19-6-5-17-1-3-18(4-2-17)7-9-20(21)10-8-19/h1-4,8,10-11,22H,5-7,9,12H2. The molecule has 0 heterocycles. The van der Waals surface area contributed by atoms with Crippen molar-refractivity contribution in [2.75, 3.05) is 0 Å². The number of hydrogen-bond donors (Lipinski definition) is 0. The van der Waals surface area contributed by atoms with Gasteiger partial charge >= 0.3 is 0 Å². The molecule has 0 radical (unpaired) electrons. The molecule has 1 saturated carbocycles. The maximum absolute atomic E-state index is 9.84.